The van der Waals surface area contributed by atoms with Crippen LogP contribution in [0.5, 0.6) is 0 Å². The molecule has 9 heteroatoms. The summed E-state index contributed by atoms with van der Waals surface area (Å²) in [6.07, 6.45) is 5.01. The van der Waals surface area contributed by atoms with E-state index < -0.39 is 17.2 Å². The largest absolute Gasteiger partial charge is 0.351 e. The first-order valence-electron chi connectivity index (χ1n) is 10.5. The van der Waals surface area contributed by atoms with E-state index in [0.29, 0.717) is 17.6 Å². The fourth-order valence-electron chi connectivity index (χ4n) is 3.69. The molecule has 2 aromatic heterocycles. The number of primary amides is 1. The molecule has 0 bridgehead atoms. The van der Waals surface area contributed by atoms with Gasteiger partial charge in [-0.3, -0.25) is 19.5 Å². The van der Waals surface area contributed by atoms with Gasteiger partial charge in [0.25, 0.3) is 5.56 Å². The number of urea groups is 1. The van der Waals surface area contributed by atoms with Gasteiger partial charge in [0.2, 0.25) is 5.91 Å². The zero-order valence-corrected chi connectivity index (χ0v) is 19.6. The van der Waals surface area contributed by atoms with E-state index in [1.54, 1.807) is 15.9 Å². The highest BCUT2D eigenvalue weighted by Gasteiger charge is 2.28. The summed E-state index contributed by atoms with van der Waals surface area (Å²) in [5, 5.41) is 2.88. The highest BCUT2D eigenvalue weighted by Crippen LogP contribution is 2.36. The molecule has 3 N–H and O–H groups in total. The number of hydrogen-bond acceptors (Lipinski definition) is 6. The number of aryl methyl sites for hydroxylation is 2. The van der Waals surface area contributed by atoms with E-state index in [1.165, 1.54) is 22.2 Å². The number of nitrogens with zero attached hydrogens (tertiary/aromatic N) is 2. The molecule has 0 spiro atoms. The molecule has 30 heavy (non-hydrogen) atoms. The smallest absolute Gasteiger partial charge is 0.318 e. The molecule has 1 unspecified atom stereocenters. The molecule has 164 valence electrons. The Morgan fingerprint density at radius 2 is 1.93 bits per heavy atom. The highest BCUT2D eigenvalue weighted by molar-refractivity contribution is 8.00. The van der Waals surface area contributed by atoms with Gasteiger partial charge in [0.15, 0.2) is 5.16 Å². The predicted molar refractivity (Wildman–Crippen MR) is 122 cm³/mol. The van der Waals surface area contributed by atoms with Crippen molar-refractivity contribution in [3.63, 3.8) is 0 Å². The fraction of sp³-hybridized carbons (Fsp3) is 0.619. The summed E-state index contributed by atoms with van der Waals surface area (Å²) in [6, 6.07) is -0.877. The van der Waals surface area contributed by atoms with Gasteiger partial charge in [0.1, 0.15) is 4.83 Å². The molecular weight excluding hydrogens is 420 g/mol. The molecule has 0 fully saturated rings. The molecule has 1 aliphatic carbocycles. The second kappa shape index (κ2) is 9.51. The summed E-state index contributed by atoms with van der Waals surface area (Å²) >= 11 is 2.84. The molecule has 1 atom stereocenters. The van der Waals surface area contributed by atoms with E-state index >= 15 is 0 Å². The maximum Gasteiger partial charge on any atom is 0.318 e. The Hall–Kier alpha value is -1.87. The van der Waals surface area contributed by atoms with Crippen LogP contribution in [0.15, 0.2) is 9.95 Å². The lowest BCUT2D eigenvalue weighted by Gasteiger charge is -2.21. The summed E-state index contributed by atoms with van der Waals surface area (Å²) < 4.78 is 1.72. The lowest BCUT2D eigenvalue weighted by atomic mass is 9.97. The van der Waals surface area contributed by atoms with E-state index in [1.807, 2.05) is 13.8 Å². The number of carbonyl (C=O) groups is 2. The first-order valence-corrected chi connectivity index (χ1v) is 12.2. The molecule has 2 heterocycles. The molecule has 1 aliphatic rings. The summed E-state index contributed by atoms with van der Waals surface area (Å²) in [4.78, 5) is 44.1. The Balaban J connectivity index is 2.09. The second-order valence-electron chi connectivity index (χ2n) is 8.56. The maximum absolute atomic E-state index is 13.5. The molecule has 0 radical (unpaired) electrons. The fourth-order valence-corrected chi connectivity index (χ4v) is 6.11. The van der Waals surface area contributed by atoms with Gasteiger partial charge in [-0.15, -0.1) is 11.3 Å². The summed E-state index contributed by atoms with van der Waals surface area (Å²) in [6.45, 7) is 8.59. The van der Waals surface area contributed by atoms with Gasteiger partial charge in [0.05, 0.1) is 10.6 Å². The number of hydrogen-bond donors (Lipinski definition) is 2. The van der Waals surface area contributed by atoms with Crippen LogP contribution in [0.1, 0.15) is 57.4 Å². The number of nitrogens with two attached hydrogens (primary N) is 1. The average Bonchev–Trinajstić information content (AvgIpc) is 3.02. The third-order valence-electron chi connectivity index (χ3n) is 5.31. The van der Waals surface area contributed by atoms with Gasteiger partial charge in [0, 0.05) is 11.4 Å². The number of aromatic nitrogens is 2. The van der Waals surface area contributed by atoms with Crippen molar-refractivity contribution in [1.82, 2.24) is 14.9 Å². The summed E-state index contributed by atoms with van der Waals surface area (Å²) in [7, 11) is 0. The monoisotopic (exact) mass is 450 g/mol. The predicted octanol–water partition coefficient (Wildman–Crippen LogP) is 3.69. The average molecular weight is 451 g/mol. The van der Waals surface area contributed by atoms with Crippen LogP contribution < -0.4 is 16.6 Å². The van der Waals surface area contributed by atoms with E-state index in [-0.39, 0.29) is 11.5 Å². The van der Waals surface area contributed by atoms with Crippen LogP contribution in [0.25, 0.3) is 10.2 Å². The van der Waals surface area contributed by atoms with Gasteiger partial charge < -0.3 is 5.73 Å². The minimum Gasteiger partial charge on any atom is -0.351 e. The number of nitrogens with one attached hydrogen (secondary N) is 1. The minimum atomic E-state index is -0.877. The standard InChI is InChI=1S/C21H30N4O3S2/c1-11(2)9-10-25-19(27)15-13-7-5-6-8-14(13)29-18(15)24-21(25)30-16(12(3)4)17(26)23-20(22)28/h11-12,16H,5-10H2,1-4H3,(H3,22,23,26,28). The molecule has 3 rings (SSSR count). The number of amides is 3. The van der Waals surface area contributed by atoms with Crippen LogP contribution in [0.3, 0.4) is 0 Å². The van der Waals surface area contributed by atoms with Crippen molar-refractivity contribution in [2.45, 2.75) is 76.8 Å². The second-order valence-corrected chi connectivity index (χ2v) is 10.8. The van der Waals surface area contributed by atoms with E-state index in [9.17, 15) is 14.4 Å². The zero-order valence-electron chi connectivity index (χ0n) is 18.0. The van der Waals surface area contributed by atoms with Gasteiger partial charge >= 0.3 is 6.03 Å². The molecule has 2 aromatic rings. The molecular formula is C21H30N4O3S2. The Morgan fingerprint density at radius 3 is 2.57 bits per heavy atom. The summed E-state index contributed by atoms with van der Waals surface area (Å²) in [5.74, 6) is -0.101. The van der Waals surface area contributed by atoms with Gasteiger partial charge in [-0.25, -0.2) is 9.78 Å². The quantitative estimate of drug-likeness (QED) is 0.494. The van der Waals surface area contributed by atoms with Crippen LogP contribution in [-0.4, -0.2) is 26.7 Å². The number of imide groups is 1. The van der Waals surface area contributed by atoms with Gasteiger partial charge in [-0.05, 0) is 49.5 Å². The normalized spacial score (nSPS) is 14.9. The minimum absolute atomic E-state index is 0.0136. The van der Waals surface area contributed by atoms with Crippen molar-refractivity contribution in [2.24, 2.45) is 17.6 Å². The van der Waals surface area contributed by atoms with Crippen LogP contribution in [0.4, 0.5) is 4.79 Å². The first kappa shape index (κ1) is 22.8. The zero-order chi connectivity index (χ0) is 22.0. The van der Waals surface area contributed by atoms with E-state index in [4.69, 9.17) is 10.7 Å². The summed E-state index contributed by atoms with van der Waals surface area (Å²) in [5.41, 5.74) is 6.29. The van der Waals surface area contributed by atoms with Crippen molar-refractivity contribution in [3.8, 4) is 0 Å². The number of fused-ring (bicyclic) bond motifs is 3. The molecule has 0 aromatic carbocycles. The number of rotatable bonds is 7. The van der Waals surface area contributed by atoms with Crippen LogP contribution in [0, 0.1) is 11.8 Å². The Bertz CT molecular complexity index is 1010. The van der Waals surface area contributed by atoms with Crippen molar-refractivity contribution < 1.29 is 9.59 Å². The van der Waals surface area contributed by atoms with E-state index in [2.05, 4.69) is 19.2 Å². The van der Waals surface area contributed by atoms with Crippen molar-refractivity contribution >= 4 is 45.3 Å². The lowest BCUT2D eigenvalue weighted by Crippen LogP contribution is -2.42. The SMILES string of the molecule is CC(C)CCn1c(SC(C(=O)NC(N)=O)C(C)C)nc2sc3c(c2c1=O)CCCC3. The Kier molecular flexibility index (Phi) is 7.23. The van der Waals surface area contributed by atoms with Gasteiger partial charge in [-0.1, -0.05) is 39.5 Å². The molecule has 3 amide bonds. The number of thiophene rings is 1. The number of thioether (sulfide) groups is 1. The lowest BCUT2D eigenvalue weighted by molar-refractivity contribution is -0.120. The first-order chi connectivity index (χ1) is 14.2. The van der Waals surface area contributed by atoms with Crippen LogP contribution in [-0.2, 0) is 24.2 Å². The van der Waals surface area contributed by atoms with Crippen molar-refractivity contribution in [2.75, 3.05) is 0 Å². The topological polar surface area (TPSA) is 107 Å². The van der Waals surface area contributed by atoms with Crippen molar-refractivity contribution in [1.29, 1.82) is 0 Å². The third kappa shape index (κ3) is 4.88. The van der Waals surface area contributed by atoms with Crippen molar-refractivity contribution in [3.05, 3.63) is 20.8 Å². The molecule has 0 saturated carbocycles. The third-order valence-corrected chi connectivity index (χ3v) is 8.03. The Labute approximate surface area is 184 Å². The maximum atomic E-state index is 13.5. The van der Waals surface area contributed by atoms with E-state index in [0.717, 1.165) is 42.3 Å². The molecule has 0 aliphatic heterocycles. The number of carbonyl (C=O) groups excluding carboxylic acids is 2. The van der Waals surface area contributed by atoms with Crippen LogP contribution >= 0.6 is 23.1 Å². The van der Waals surface area contributed by atoms with Crippen LogP contribution in [0.2, 0.25) is 0 Å². The molecule has 7 nitrogen and oxygen atoms in total. The van der Waals surface area contributed by atoms with Gasteiger partial charge in [-0.2, -0.15) is 0 Å². The Morgan fingerprint density at radius 1 is 1.23 bits per heavy atom. The highest BCUT2D eigenvalue weighted by atomic mass is 32.2. The molecule has 0 saturated heterocycles.